The molecule has 4 rings (SSSR count). The molecular weight excluding hydrogens is 328 g/mol. The van der Waals surface area contributed by atoms with E-state index in [-0.39, 0.29) is 0 Å². The molecule has 2 aliphatic heterocycles. The van der Waals surface area contributed by atoms with Crippen LogP contribution in [-0.2, 0) is 11.2 Å². The van der Waals surface area contributed by atoms with E-state index in [9.17, 15) is 0 Å². The molecule has 2 saturated heterocycles. The van der Waals surface area contributed by atoms with Gasteiger partial charge < -0.3 is 19.8 Å². The van der Waals surface area contributed by atoms with Crippen LogP contribution in [0.1, 0.15) is 38.4 Å². The van der Waals surface area contributed by atoms with Crippen molar-refractivity contribution >= 4 is 5.96 Å². The average molecular weight is 361 g/mol. The molecule has 1 aliphatic carbocycles. The van der Waals surface area contributed by atoms with Crippen molar-refractivity contribution in [2.24, 2.45) is 10.9 Å². The zero-order chi connectivity index (χ0) is 17.8. The van der Waals surface area contributed by atoms with Crippen LogP contribution in [-0.4, -0.2) is 61.8 Å². The molecule has 6 heteroatoms. The van der Waals surface area contributed by atoms with Crippen LogP contribution in [0.3, 0.4) is 0 Å². The zero-order valence-electron chi connectivity index (χ0n) is 15.8. The number of aliphatic imine (C=N–C) groups is 1. The lowest BCUT2D eigenvalue weighted by Crippen LogP contribution is -2.45. The normalized spacial score (nSPS) is 30.0. The van der Waals surface area contributed by atoms with Crippen molar-refractivity contribution in [3.8, 4) is 0 Å². The van der Waals surface area contributed by atoms with Crippen LogP contribution < -0.4 is 10.6 Å². The number of nitrogens with one attached hydrogen (secondary N) is 2. The van der Waals surface area contributed by atoms with Gasteiger partial charge in [-0.05, 0) is 44.7 Å². The first-order valence-electron chi connectivity index (χ1n) is 10.2. The number of nitrogens with zero attached hydrogens (tertiary/aromatic N) is 2. The van der Waals surface area contributed by atoms with Crippen LogP contribution in [0.4, 0.5) is 0 Å². The van der Waals surface area contributed by atoms with Crippen LogP contribution >= 0.6 is 0 Å². The first kappa shape index (κ1) is 17.9. The second-order valence-corrected chi connectivity index (χ2v) is 8.03. The van der Waals surface area contributed by atoms with E-state index in [1.54, 1.807) is 6.26 Å². The molecule has 3 atom stereocenters. The lowest BCUT2D eigenvalue weighted by atomic mass is 10.1. The van der Waals surface area contributed by atoms with Gasteiger partial charge in [0.25, 0.3) is 0 Å². The minimum Gasteiger partial charge on any atom is -0.469 e. The highest BCUT2D eigenvalue weighted by Crippen LogP contribution is 2.33. The Labute approximate surface area is 156 Å². The van der Waals surface area contributed by atoms with Crippen molar-refractivity contribution in [1.29, 1.82) is 0 Å². The highest BCUT2D eigenvalue weighted by molar-refractivity contribution is 5.80. The molecule has 144 valence electrons. The topological polar surface area (TPSA) is 62.0 Å². The molecule has 0 aromatic carbocycles. The summed E-state index contributed by atoms with van der Waals surface area (Å²) in [4.78, 5) is 7.53. The Kier molecular flexibility index (Phi) is 5.80. The van der Waals surface area contributed by atoms with Crippen molar-refractivity contribution in [3.63, 3.8) is 0 Å². The largest absolute Gasteiger partial charge is 0.469 e. The van der Waals surface area contributed by atoms with Gasteiger partial charge in [-0.25, -0.2) is 0 Å². The minimum atomic E-state index is 0.486. The summed E-state index contributed by atoms with van der Waals surface area (Å²) in [6.07, 6.45) is 7.67. The second kappa shape index (κ2) is 8.44. The van der Waals surface area contributed by atoms with E-state index in [0.717, 1.165) is 63.5 Å². The Morgan fingerprint density at radius 3 is 3.00 bits per heavy atom. The molecular formula is C20H32N4O2. The van der Waals surface area contributed by atoms with E-state index in [1.165, 1.54) is 19.3 Å². The Hall–Kier alpha value is -1.53. The van der Waals surface area contributed by atoms with Crippen molar-refractivity contribution in [1.82, 2.24) is 15.5 Å². The summed E-state index contributed by atoms with van der Waals surface area (Å²) in [7, 11) is 0. The smallest absolute Gasteiger partial charge is 0.191 e. The van der Waals surface area contributed by atoms with Crippen molar-refractivity contribution in [2.45, 2.75) is 57.2 Å². The van der Waals surface area contributed by atoms with Crippen LogP contribution in [0, 0.1) is 5.92 Å². The Morgan fingerprint density at radius 1 is 1.35 bits per heavy atom. The van der Waals surface area contributed by atoms with Gasteiger partial charge in [0.15, 0.2) is 5.96 Å². The third-order valence-corrected chi connectivity index (χ3v) is 5.76. The van der Waals surface area contributed by atoms with E-state index in [4.69, 9.17) is 14.1 Å². The fourth-order valence-electron chi connectivity index (χ4n) is 4.13. The van der Waals surface area contributed by atoms with Gasteiger partial charge >= 0.3 is 0 Å². The molecule has 26 heavy (non-hydrogen) atoms. The minimum absolute atomic E-state index is 0.486. The summed E-state index contributed by atoms with van der Waals surface area (Å²) in [5, 5.41) is 7.19. The Balaban J connectivity index is 1.31. The molecule has 0 amide bonds. The Bertz CT molecular complexity index is 579. The van der Waals surface area contributed by atoms with Crippen LogP contribution in [0.2, 0.25) is 0 Å². The van der Waals surface area contributed by atoms with E-state index in [1.807, 2.05) is 12.1 Å². The summed E-state index contributed by atoms with van der Waals surface area (Å²) >= 11 is 0. The maximum absolute atomic E-state index is 5.49. The maximum atomic E-state index is 5.49. The summed E-state index contributed by atoms with van der Waals surface area (Å²) in [5.41, 5.74) is 0. The van der Waals surface area contributed by atoms with Gasteiger partial charge in [-0.15, -0.1) is 0 Å². The van der Waals surface area contributed by atoms with Gasteiger partial charge in [0.2, 0.25) is 0 Å². The second-order valence-electron chi connectivity index (χ2n) is 8.03. The predicted molar refractivity (Wildman–Crippen MR) is 102 cm³/mol. The lowest BCUT2D eigenvalue weighted by Gasteiger charge is -2.20. The molecule has 1 aromatic rings. The molecule has 3 aliphatic rings. The molecule has 3 heterocycles. The van der Waals surface area contributed by atoms with Gasteiger partial charge in [-0.1, -0.05) is 0 Å². The van der Waals surface area contributed by atoms with Crippen molar-refractivity contribution < 1.29 is 9.15 Å². The van der Waals surface area contributed by atoms with E-state index in [0.29, 0.717) is 18.0 Å². The third kappa shape index (κ3) is 4.80. The quantitative estimate of drug-likeness (QED) is 0.575. The van der Waals surface area contributed by atoms with Gasteiger partial charge in [-0.2, -0.15) is 0 Å². The molecule has 1 aromatic heterocycles. The van der Waals surface area contributed by atoms with Gasteiger partial charge in [0.05, 0.1) is 12.9 Å². The van der Waals surface area contributed by atoms with Crippen LogP contribution in [0.5, 0.6) is 0 Å². The van der Waals surface area contributed by atoms with E-state index < -0.39 is 0 Å². The molecule has 6 nitrogen and oxygen atoms in total. The standard InChI is InChI=1S/C20H32N4O2/c1-15-11-17(13-24(15)18-4-5-18)23-20(22-12-16-7-10-25-14-16)21-8-6-19-3-2-9-26-19/h2-3,9,15-18H,4-8,10-14H2,1H3,(H2,21,22,23). The molecule has 2 N–H and O–H groups in total. The number of furan rings is 1. The average Bonchev–Trinajstić information content (AvgIpc) is 3.04. The number of guanidine groups is 1. The molecule has 3 fully saturated rings. The molecule has 0 bridgehead atoms. The van der Waals surface area contributed by atoms with Gasteiger partial charge in [0.1, 0.15) is 5.76 Å². The summed E-state index contributed by atoms with van der Waals surface area (Å²) in [6.45, 7) is 6.89. The number of likely N-dealkylation sites (tertiary alicyclic amines) is 1. The number of ether oxygens (including phenoxy) is 1. The summed E-state index contributed by atoms with van der Waals surface area (Å²) in [6, 6.07) is 5.95. The van der Waals surface area contributed by atoms with Crippen molar-refractivity contribution in [2.75, 3.05) is 32.8 Å². The monoisotopic (exact) mass is 360 g/mol. The van der Waals surface area contributed by atoms with E-state index in [2.05, 4.69) is 22.5 Å². The zero-order valence-corrected chi connectivity index (χ0v) is 15.8. The summed E-state index contributed by atoms with van der Waals surface area (Å²) in [5.74, 6) is 2.51. The molecule has 0 radical (unpaired) electrons. The lowest BCUT2D eigenvalue weighted by molar-refractivity contribution is 0.187. The van der Waals surface area contributed by atoms with E-state index >= 15 is 0 Å². The third-order valence-electron chi connectivity index (χ3n) is 5.76. The van der Waals surface area contributed by atoms with Crippen molar-refractivity contribution in [3.05, 3.63) is 24.2 Å². The highest BCUT2D eigenvalue weighted by atomic mass is 16.5. The predicted octanol–water partition coefficient (Wildman–Crippen LogP) is 2.02. The van der Waals surface area contributed by atoms with Crippen LogP contribution in [0.25, 0.3) is 0 Å². The van der Waals surface area contributed by atoms with Gasteiger partial charge in [-0.3, -0.25) is 9.89 Å². The number of rotatable bonds is 7. The highest BCUT2D eigenvalue weighted by Gasteiger charge is 2.38. The maximum Gasteiger partial charge on any atom is 0.191 e. The molecule has 3 unspecified atom stereocenters. The molecule has 0 spiro atoms. The van der Waals surface area contributed by atoms with Crippen LogP contribution in [0.15, 0.2) is 27.8 Å². The first-order valence-corrected chi connectivity index (χ1v) is 10.2. The summed E-state index contributed by atoms with van der Waals surface area (Å²) < 4.78 is 10.9. The fraction of sp³-hybridized carbons (Fsp3) is 0.750. The SMILES string of the molecule is CC1CC(NC(=NCC2CCOC2)NCCc2ccco2)CN1C1CC1. The van der Waals surface area contributed by atoms with Gasteiger partial charge in [0, 0.05) is 56.7 Å². The Morgan fingerprint density at radius 2 is 2.27 bits per heavy atom. The number of hydrogen-bond acceptors (Lipinski definition) is 4. The fourth-order valence-corrected chi connectivity index (χ4v) is 4.13. The molecule has 1 saturated carbocycles. The first-order chi connectivity index (χ1) is 12.8. The number of hydrogen-bond donors (Lipinski definition) is 2.